The molecule has 0 radical (unpaired) electrons. The Kier molecular flexibility index (Phi) is 2.47. The zero-order valence-corrected chi connectivity index (χ0v) is 10.9. The molecule has 0 fully saturated rings. The molecule has 0 aliphatic carbocycles. The second-order valence-electron chi connectivity index (χ2n) is 4.70. The van der Waals surface area contributed by atoms with Gasteiger partial charge in [-0.15, -0.1) is 0 Å². The lowest BCUT2D eigenvalue weighted by Crippen LogP contribution is -1.92. The maximum atomic E-state index is 10.6. The van der Waals surface area contributed by atoms with Crippen LogP contribution in [0.5, 0.6) is 0 Å². The number of imidazole rings is 1. The SMILES string of the molecule is O=CNc1ccc2[nH]nc(-c3nc4ccccc4[nH]3)c2c1. The maximum Gasteiger partial charge on any atom is 0.211 e. The molecule has 0 saturated heterocycles. The van der Waals surface area contributed by atoms with Crippen molar-refractivity contribution in [2.24, 2.45) is 0 Å². The van der Waals surface area contributed by atoms with E-state index in [1.54, 1.807) is 0 Å². The minimum atomic E-state index is 0.655. The standard InChI is InChI=1S/C15H11N5O/c21-8-16-9-5-6-11-10(7-9)14(20-19-11)15-17-12-3-1-2-4-13(12)18-15/h1-8H,(H,16,21)(H,17,18)(H,19,20). The number of amides is 1. The van der Waals surface area contributed by atoms with Crippen LogP contribution in [-0.2, 0) is 4.79 Å². The van der Waals surface area contributed by atoms with Crippen molar-refractivity contribution in [1.29, 1.82) is 0 Å². The fourth-order valence-electron chi connectivity index (χ4n) is 2.42. The lowest BCUT2D eigenvalue weighted by Gasteiger charge is -1.98. The molecule has 0 saturated carbocycles. The molecular weight excluding hydrogens is 266 g/mol. The second kappa shape index (κ2) is 4.45. The van der Waals surface area contributed by atoms with Crippen molar-refractivity contribution in [3.05, 3.63) is 42.5 Å². The number of rotatable bonds is 3. The van der Waals surface area contributed by atoms with Crippen LogP contribution in [0.3, 0.4) is 0 Å². The summed E-state index contributed by atoms with van der Waals surface area (Å²) in [6, 6.07) is 13.4. The van der Waals surface area contributed by atoms with Gasteiger partial charge in [0.1, 0.15) is 5.69 Å². The van der Waals surface area contributed by atoms with Gasteiger partial charge in [-0.1, -0.05) is 12.1 Å². The van der Waals surface area contributed by atoms with E-state index in [1.165, 1.54) is 0 Å². The number of carbonyl (C=O) groups is 1. The molecular formula is C15H11N5O. The largest absolute Gasteiger partial charge is 0.337 e. The first-order chi connectivity index (χ1) is 10.3. The van der Waals surface area contributed by atoms with E-state index in [0.29, 0.717) is 12.2 Å². The fraction of sp³-hybridized carbons (Fsp3) is 0. The smallest absolute Gasteiger partial charge is 0.211 e. The van der Waals surface area contributed by atoms with Crippen LogP contribution in [0.4, 0.5) is 5.69 Å². The molecule has 0 bridgehead atoms. The number of fused-ring (bicyclic) bond motifs is 2. The summed E-state index contributed by atoms with van der Waals surface area (Å²) in [4.78, 5) is 18.4. The Labute approximate surface area is 119 Å². The third kappa shape index (κ3) is 1.85. The number of nitrogens with zero attached hydrogens (tertiary/aromatic N) is 2. The Balaban J connectivity index is 1.92. The Morgan fingerprint density at radius 2 is 2.00 bits per heavy atom. The van der Waals surface area contributed by atoms with Crippen LogP contribution in [-0.4, -0.2) is 26.6 Å². The molecule has 6 heteroatoms. The van der Waals surface area contributed by atoms with E-state index in [9.17, 15) is 4.79 Å². The van der Waals surface area contributed by atoms with E-state index in [0.717, 1.165) is 33.3 Å². The van der Waals surface area contributed by atoms with Crippen molar-refractivity contribution in [3.63, 3.8) is 0 Å². The Morgan fingerprint density at radius 3 is 2.86 bits per heavy atom. The third-order valence-corrected chi connectivity index (χ3v) is 3.40. The van der Waals surface area contributed by atoms with Crippen LogP contribution >= 0.6 is 0 Å². The van der Waals surface area contributed by atoms with Gasteiger partial charge in [-0.05, 0) is 30.3 Å². The van der Waals surface area contributed by atoms with Crippen molar-refractivity contribution >= 4 is 34.0 Å². The van der Waals surface area contributed by atoms with Gasteiger partial charge in [-0.2, -0.15) is 5.10 Å². The van der Waals surface area contributed by atoms with Crippen LogP contribution in [0.25, 0.3) is 33.5 Å². The number of benzene rings is 2. The van der Waals surface area contributed by atoms with E-state index < -0.39 is 0 Å². The first kappa shape index (κ1) is 11.7. The summed E-state index contributed by atoms with van der Waals surface area (Å²) in [7, 11) is 0. The Morgan fingerprint density at radius 1 is 1.10 bits per heavy atom. The summed E-state index contributed by atoms with van der Waals surface area (Å²) in [6.45, 7) is 0. The van der Waals surface area contributed by atoms with Gasteiger partial charge in [0.2, 0.25) is 6.41 Å². The molecule has 0 spiro atoms. The average Bonchev–Trinajstić information content (AvgIpc) is 3.10. The molecule has 3 N–H and O–H groups in total. The highest BCUT2D eigenvalue weighted by Crippen LogP contribution is 2.28. The number of aromatic nitrogens is 4. The minimum absolute atomic E-state index is 0.655. The zero-order chi connectivity index (χ0) is 14.2. The van der Waals surface area contributed by atoms with Gasteiger partial charge in [-0.25, -0.2) is 4.98 Å². The van der Waals surface area contributed by atoms with Crippen LogP contribution in [0, 0.1) is 0 Å². The molecule has 0 atom stereocenters. The molecule has 0 aliphatic rings. The minimum Gasteiger partial charge on any atom is -0.337 e. The molecule has 102 valence electrons. The van der Waals surface area contributed by atoms with Crippen LogP contribution in [0.15, 0.2) is 42.5 Å². The predicted molar refractivity (Wildman–Crippen MR) is 80.9 cm³/mol. The first-order valence-electron chi connectivity index (χ1n) is 6.48. The number of nitrogens with one attached hydrogen (secondary N) is 3. The molecule has 6 nitrogen and oxygen atoms in total. The Bertz CT molecular complexity index is 920. The third-order valence-electron chi connectivity index (χ3n) is 3.40. The molecule has 4 aromatic rings. The number of carbonyl (C=O) groups excluding carboxylic acids is 1. The predicted octanol–water partition coefficient (Wildman–Crippen LogP) is 2.67. The van der Waals surface area contributed by atoms with Gasteiger partial charge in [0.05, 0.1) is 16.6 Å². The van der Waals surface area contributed by atoms with Crippen molar-refractivity contribution < 1.29 is 4.79 Å². The monoisotopic (exact) mass is 277 g/mol. The molecule has 4 rings (SSSR count). The number of aromatic amines is 2. The van der Waals surface area contributed by atoms with Gasteiger partial charge < -0.3 is 10.3 Å². The summed E-state index contributed by atoms with van der Waals surface area (Å²) in [6.07, 6.45) is 0.655. The fourth-order valence-corrected chi connectivity index (χ4v) is 2.42. The van der Waals surface area contributed by atoms with E-state index in [2.05, 4.69) is 25.5 Å². The normalized spacial score (nSPS) is 11.0. The van der Waals surface area contributed by atoms with Crippen LogP contribution < -0.4 is 5.32 Å². The molecule has 2 aromatic carbocycles. The van der Waals surface area contributed by atoms with Crippen LogP contribution in [0.2, 0.25) is 0 Å². The average molecular weight is 277 g/mol. The number of hydrogen-bond acceptors (Lipinski definition) is 3. The number of para-hydroxylation sites is 2. The van der Waals surface area contributed by atoms with E-state index in [-0.39, 0.29) is 0 Å². The lowest BCUT2D eigenvalue weighted by atomic mass is 10.2. The van der Waals surface area contributed by atoms with E-state index in [1.807, 2.05) is 42.5 Å². The highest BCUT2D eigenvalue weighted by Gasteiger charge is 2.12. The summed E-state index contributed by atoms with van der Waals surface area (Å²) >= 11 is 0. The van der Waals surface area contributed by atoms with E-state index in [4.69, 9.17) is 0 Å². The van der Waals surface area contributed by atoms with Gasteiger partial charge in [0, 0.05) is 11.1 Å². The quantitative estimate of drug-likeness (QED) is 0.503. The van der Waals surface area contributed by atoms with Crippen molar-refractivity contribution in [3.8, 4) is 11.5 Å². The van der Waals surface area contributed by atoms with E-state index >= 15 is 0 Å². The van der Waals surface area contributed by atoms with Gasteiger partial charge in [-0.3, -0.25) is 9.89 Å². The summed E-state index contributed by atoms with van der Waals surface area (Å²) in [5, 5.41) is 10.8. The van der Waals surface area contributed by atoms with Crippen LogP contribution in [0.1, 0.15) is 0 Å². The molecule has 0 unspecified atom stereocenters. The molecule has 2 aromatic heterocycles. The molecule has 0 aliphatic heterocycles. The summed E-state index contributed by atoms with van der Waals surface area (Å²) in [5.74, 6) is 0.700. The topological polar surface area (TPSA) is 86.5 Å². The molecule has 21 heavy (non-hydrogen) atoms. The maximum absolute atomic E-state index is 10.6. The molecule has 2 heterocycles. The van der Waals surface area contributed by atoms with Gasteiger partial charge in [0.15, 0.2) is 5.82 Å². The van der Waals surface area contributed by atoms with Crippen molar-refractivity contribution in [2.75, 3.05) is 5.32 Å². The zero-order valence-electron chi connectivity index (χ0n) is 10.9. The highest BCUT2D eigenvalue weighted by atomic mass is 16.1. The van der Waals surface area contributed by atoms with Gasteiger partial charge in [0.25, 0.3) is 0 Å². The molecule has 1 amide bonds. The second-order valence-corrected chi connectivity index (χ2v) is 4.70. The first-order valence-corrected chi connectivity index (χ1v) is 6.48. The Hall–Kier alpha value is -3.15. The van der Waals surface area contributed by atoms with Crippen molar-refractivity contribution in [2.45, 2.75) is 0 Å². The summed E-state index contributed by atoms with van der Waals surface area (Å²) < 4.78 is 0. The number of anilines is 1. The number of hydrogen-bond donors (Lipinski definition) is 3. The van der Waals surface area contributed by atoms with Crippen molar-refractivity contribution in [1.82, 2.24) is 20.2 Å². The van der Waals surface area contributed by atoms with Gasteiger partial charge >= 0.3 is 0 Å². The highest BCUT2D eigenvalue weighted by molar-refractivity contribution is 5.95. The summed E-state index contributed by atoms with van der Waals surface area (Å²) in [5.41, 5.74) is 4.20. The lowest BCUT2D eigenvalue weighted by molar-refractivity contribution is -0.105. The number of H-pyrrole nitrogens is 2.